The van der Waals surface area contributed by atoms with Crippen LogP contribution in [0.2, 0.25) is 15.1 Å². The zero-order chi connectivity index (χ0) is 25.7. The normalized spacial score (nSPS) is 15.3. The molecule has 1 aliphatic rings. The van der Waals surface area contributed by atoms with Crippen LogP contribution in [0.5, 0.6) is 11.5 Å². The molecule has 10 heteroatoms. The van der Waals surface area contributed by atoms with Crippen LogP contribution < -0.4 is 14.8 Å². The molecule has 4 rings (SSSR count). The first kappa shape index (κ1) is 26.1. The van der Waals surface area contributed by atoms with Gasteiger partial charge >= 0.3 is 0 Å². The maximum absolute atomic E-state index is 12.5. The Kier molecular flexibility index (Phi) is 8.59. The molecular formula is C26H19Cl3N2O4S. The highest BCUT2D eigenvalue weighted by molar-refractivity contribution is 8.18. The van der Waals surface area contributed by atoms with Crippen LogP contribution in [0.15, 0.2) is 70.6 Å². The average Bonchev–Trinajstić information content (AvgIpc) is 3.19. The van der Waals surface area contributed by atoms with Crippen molar-refractivity contribution in [2.45, 2.75) is 13.5 Å². The van der Waals surface area contributed by atoms with Crippen molar-refractivity contribution < 1.29 is 19.1 Å². The molecule has 1 fully saturated rings. The van der Waals surface area contributed by atoms with E-state index in [0.717, 1.165) is 22.9 Å². The minimum absolute atomic E-state index is 0.206. The number of hydrogen-bond donors (Lipinski definition) is 1. The summed E-state index contributed by atoms with van der Waals surface area (Å²) in [5, 5.41) is 4.27. The molecule has 1 aliphatic heterocycles. The number of hydrogen-bond acceptors (Lipinski definition) is 5. The zero-order valence-corrected chi connectivity index (χ0v) is 22.0. The third-order valence-corrected chi connectivity index (χ3v) is 6.79. The Morgan fingerprint density at radius 1 is 0.972 bits per heavy atom. The number of carbonyl (C=O) groups is 2. The SMILES string of the molecule is CCOc1cc(/C=C2\SC(=NC(=O)c3ccc(Cl)cc3)NC2=O)ccc1OCc1ccc(Cl)c(Cl)c1. The summed E-state index contributed by atoms with van der Waals surface area (Å²) < 4.78 is 11.7. The Morgan fingerprint density at radius 3 is 2.47 bits per heavy atom. The highest BCUT2D eigenvalue weighted by Gasteiger charge is 2.25. The predicted molar refractivity (Wildman–Crippen MR) is 145 cm³/mol. The number of amidine groups is 1. The lowest BCUT2D eigenvalue weighted by Crippen LogP contribution is -2.20. The molecule has 0 unspecified atom stereocenters. The lowest BCUT2D eigenvalue weighted by atomic mass is 10.2. The second-order valence-electron chi connectivity index (χ2n) is 7.47. The van der Waals surface area contributed by atoms with E-state index >= 15 is 0 Å². The second kappa shape index (κ2) is 11.8. The molecule has 1 saturated heterocycles. The predicted octanol–water partition coefficient (Wildman–Crippen LogP) is 7.02. The van der Waals surface area contributed by atoms with Gasteiger partial charge in [0.25, 0.3) is 11.8 Å². The molecule has 2 amide bonds. The molecule has 0 radical (unpaired) electrons. The van der Waals surface area contributed by atoms with Gasteiger partial charge in [-0.15, -0.1) is 0 Å². The first-order chi connectivity index (χ1) is 17.3. The first-order valence-electron chi connectivity index (χ1n) is 10.8. The van der Waals surface area contributed by atoms with E-state index in [-0.39, 0.29) is 17.7 Å². The van der Waals surface area contributed by atoms with E-state index in [0.29, 0.717) is 43.6 Å². The molecule has 6 nitrogen and oxygen atoms in total. The maximum Gasteiger partial charge on any atom is 0.279 e. The van der Waals surface area contributed by atoms with Gasteiger partial charge in [0.15, 0.2) is 16.7 Å². The fraction of sp³-hybridized carbons (Fsp3) is 0.115. The van der Waals surface area contributed by atoms with E-state index in [9.17, 15) is 9.59 Å². The summed E-state index contributed by atoms with van der Waals surface area (Å²) in [5.41, 5.74) is 1.96. The van der Waals surface area contributed by atoms with Crippen LogP contribution in [-0.4, -0.2) is 23.6 Å². The molecule has 0 atom stereocenters. The molecule has 0 spiro atoms. The van der Waals surface area contributed by atoms with Gasteiger partial charge in [-0.1, -0.05) is 46.9 Å². The number of aliphatic imine (C=N–C) groups is 1. The van der Waals surface area contributed by atoms with Crippen LogP contribution in [0.3, 0.4) is 0 Å². The summed E-state index contributed by atoms with van der Waals surface area (Å²) in [6, 6.07) is 17.0. The molecule has 0 aliphatic carbocycles. The number of thioether (sulfide) groups is 1. The number of carbonyl (C=O) groups excluding carboxylic acids is 2. The monoisotopic (exact) mass is 560 g/mol. The Labute approximate surface area is 227 Å². The summed E-state index contributed by atoms with van der Waals surface area (Å²) in [6.07, 6.45) is 1.69. The van der Waals surface area contributed by atoms with Crippen molar-refractivity contribution in [2.24, 2.45) is 4.99 Å². The lowest BCUT2D eigenvalue weighted by Gasteiger charge is -2.13. The van der Waals surface area contributed by atoms with Crippen molar-refractivity contribution in [3.63, 3.8) is 0 Å². The van der Waals surface area contributed by atoms with Gasteiger partial charge in [-0.05, 0) is 84.4 Å². The molecule has 0 saturated carbocycles. The molecule has 36 heavy (non-hydrogen) atoms. The second-order valence-corrected chi connectivity index (χ2v) is 9.75. The highest BCUT2D eigenvalue weighted by Crippen LogP contribution is 2.33. The van der Waals surface area contributed by atoms with Crippen molar-refractivity contribution >= 4 is 69.6 Å². The van der Waals surface area contributed by atoms with Gasteiger partial charge in [0.1, 0.15) is 6.61 Å². The molecule has 184 valence electrons. The molecule has 3 aromatic rings. The molecule has 0 bridgehead atoms. The van der Waals surface area contributed by atoms with Gasteiger partial charge in [-0.2, -0.15) is 4.99 Å². The van der Waals surface area contributed by atoms with E-state index < -0.39 is 5.91 Å². The van der Waals surface area contributed by atoms with Crippen LogP contribution >= 0.6 is 46.6 Å². The molecular weight excluding hydrogens is 543 g/mol. The summed E-state index contributed by atoms with van der Waals surface area (Å²) in [7, 11) is 0. The van der Waals surface area contributed by atoms with Crippen molar-refractivity contribution in [3.05, 3.63) is 97.3 Å². The molecule has 3 aromatic carbocycles. The zero-order valence-electron chi connectivity index (χ0n) is 18.9. The fourth-order valence-electron chi connectivity index (χ4n) is 3.17. The molecule has 1 N–H and O–H groups in total. The number of nitrogens with zero attached hydrogens (tertiary/aromatic N) is 1. The van der Waals surface area contributed by atoms with Gasteiger partial charge < -0.3 is 14.8 Å². The first-order valence-corrected chi connectivity index (χ1v) is 12.7. The lowest BCUT2D eigenvalue weighted by molar-refractivity contribution is -0.115. The highest BCUT2D eigenvalue weighted by atomic mass is 35.5. The fourth-order valence-corrected chi connectivity index (χ4v) is 4.44. The Bertz CT molecular complexity index is 1370. The number of halogens is 3. The number of benzene rings is 3. The van der Waals surface area contributed by atoms with Crippen molar-refractivity contribution in [2.75, 3.05) is 6.61 Å². The van der Waals surface area contributed by atoms with Gasteiger partial charge in [0.05, 0.1) is 21.6 Å². The number of ether oxygens (including phenoxy) is 2. The third kappa shape index (κ3) is 6.62. The third-order valence-electron chi connectivity index (χ3n) is 4.89. The largest absolute Gasteiger partial charge is 0.490 e. The maximum atomic E-state index is 12.5. The topological polar surface area (TPSA) is 77.0 Å². The van der Waals surface area contributed by atoms with E-state index in [2.05, 4.69) is 10.3 Å². The van der Waals surface area contributed by atoms with Gasteiger partial charge in [-0.3, -0.25) is 9.59 Å². The molecule has 1 heterocycles. The summed E-state index contributed by atoms with van der Waals surface area (Å²) >= 11 is 19.0. The average molecular weight is 562 g/mol. The smallest absolute Gasteiger partial charge is 0.279 e. The van der Waals surface area contributed by atoms with E-state index in [1.807, 2.05) is 19.1 Å². The standard InChI is InChI=1S/C26H19Cl3N2O4S/c1-2-34-22-12-15(4-10-21(22)35-14-16-3-9-19(28)20(29)11-16)13-23-25(33)31-26(36-23)30-24(32)17-5-7-18(27)8-6-17/h3-13H,2,14H2,1H3,(H,30,31,32,33)/b23-13-. The minimum Gasteiger partial charge on any atom is -0.490 e. The van der Waals surface area contributed by atoms with Crippen LogP contribution in [0.25, 0.3) is 6.08 Å². The molecule has 0 aromatic heterocycles. The summed E-state index contributed by atoms with van der Waals surface area (Å²) in [5.74, 6) is 0.255. The number of nitrogens with one attached hydrogen (secondary N) is 1. The van der Waals surface area contributed by atoms with Gasteiger partial charge in [0.2, 0.25) is 0 Å². The van der Waals surface area contributed by atoms with Gasteiger partial charge in [0, 0.05) is 10.6 Å². The quantitative estimate of drug-likeness (QED) is 0.314. The Hall–Kier alpha value is -2.97. The van der Waals surface area contributed by atoms with E-state index in [1.165, 1.54) is 0 Å². The number of rotatable bonds is 7. The summed E-state index contributed by atoms with van der Waals surface area (Å²) in [6.45, 7) is 2.58. The summed E-state index contributed by atoms with van der Waals surface area (Å²) in [4.78, 5) is 29.2. The van der Waals surface area contributed by atoms with Crippen molar-refractivity contribution in [1.82, 2.24) is 5.32 Å². The Morgan fingerprint density at radius 2 is 1.75 bits per heavy atom. The van der Waals surface area contributed by atoms with Crippen LogP contribution in [0.4, 0.5) is 0 Å². The van der Waals surface area contributed by atoms with Crippen LogP contribution in [-0.2, 0) is 11.4 Å². The van der Waals surface area contributed by atoms with E-state index in [4.69, 9.17) is 44.3 Å². The van der Waals surface area contributed by atoms with Crippen LogP contribution in [0, 0.1) is 0 Å². The van der Waals surface area contributed by atoms with Crippen molar-refractivity contribution in [3.8, 4) is 11.5 Å². The minimum atomic E-state index is -0.474. The number of amides is 2. The Balaban J connectivity index is 1.48. The van der Waals surface area contributed by atoms with Crippen molar-refractivity contribution in [1.29, 1.82) is 0 Å². The van der Waals surface area contributed by atoms with Crippen LogP contribution in [0.1, 0.15) is 28.4 Å². The van der Waals surface area contributed by atoms with E-state index in [1.54, 1.807) is 54.6 Å². The van der Waals surface area contributed by atoms with Gasteiger partial charge in [-0.25, -0.2) is 0 Å².